The number of aromatic nitrogens is 2. The van der Waals surface area contributed by atoms with Crippen molar-refractivity contribution in [1.82, 2.24) is 9.38 Å². The number of nitrogens with zero attached hydrogens (tertiary/aromatic N) is 2. The summed E-state index contributed by atoms with van der Waals surface area (Å²) < 4.78 is 1.91. The predicted octanol–water partition coefficient (Wildman–Crippen LogP) is 3.49. The Bertz CT molecular complexity index is 961. The Kier molecular flexibility index (Phi) is 3.63. The molecule has 3 aromatic rings. The van der Waals surface area contributed by atoms with E-state index in [1.807, 2.05) is 55.6 Å². The van der Waals surface area contributed by atoms with Crippen molar-refractivity contribution in [2.75, 3.05) is 5.32 Å². The zero-order chi connectivity index (χ0) is 16.6. The van der Waals surface area contributed by atoms with Gasteiger partial charge in [0.1, 0.15) is 5.65 Å². The van der Waals surface area contributed by atoms with Crippen LogP contribution >= 0.6 is 0 Å². The minimum Gasteiger partial charge on any atom is -0.322 e. The van der Waals surface area contributed by atoms with Gasteiger partial charge in [-0.25, -0.2) is 4.98 Å². The molecule has 0 saturated heterocycles. The molecule has 0 aliphatic heterocycles. The lowest BCUT2D eigenvalue weighted by atomic mass is 10.1. The number of benzene rings is 1. The Balaban J connectivity index is 1.97. The molecule has 1 N–H and O–H groups in total. The fraction of sp³-hybridized carbons (Fsp3) is 0.158. The zero-order valence-corrected chi connectivity index (χ0v) is 13.3. The van der Waals surface area contributed by atoms with Crippen molar-refractivity contribution in [3.05, 3.63) is 64.6 Å². The number of hydrogen-bond donors (Lipinski definition) is 1. The van der Waals surface area contributed by atoms with Gasteiger partial charge in [0.05, 0.1) is 5.56 Å². The summed E-state index contributed by atoms with van der Waals surface area (Å²) in [5, 5.41) is 2.93. The Hall–Kier alpha value is -3.06. The number of rotatable bonds is 2. The second-order valence-corrected chi connectivity index (χ2v) is 5.59. The maximum absolute atomic E-state index is 12.6. The fourth-order valence-electron chi connectivity index (χ4n) is 2.65. The lowest BCUT2D eigenvalue weighted by molar-refractivity contribution is 0.102. The third-order valence-corrected chi connectivity index (χ3v) is 3.83. The van der Waals surface area contributed by atoms with Crippen LogP contribution in [-0.2, 0) is 0 Å². The first-order chi connectivity index (χ1) is 11.0. The highest BCUT2D eigenvalue weighted by Crippen LogP contribution is 2.19. The van der Waals surface area contributed by atoms with Gasteiger partial charge in [-0.2, -0.15) is 0 Å². The maximum Gasteiger partial charge on any atom is 0.259 e. The molecule has 3 rings (SSSR count). The molecule has 0 bridgehead atoms. The van der Waals surface area contributed by atoms with Gasteiger partial charge < -0.3 is 9.72 Å². The summed E-state index contributed by atoms with van der Waals surface area (Å²) in [6, 6.07) is 9.28. The van der Waals surface area contributed by atoms with E-state index in [9.17, 15) is 4.79 Å². The molecular weight excluding hydrogens is 286 g/mol. The number of aryl methyl sites for hydroxylation is 3. The molecule has 0 fully saturated rings. The highest BCUT2D eigenvalue weighted by Gasteiger charge is 2.15. The molecule has 0 unspecified atom stereocenters. The molecule has 0 atom stereocenters. The quantitative estimate of drug-likeness (QED) is 0.737. The van der Waals surface area contributed by atoms with E-state index >= 15 is 0 Å². The van der Waals surface area contributed by atoms with Gasteiger partial charge in [0.25, 0.3) is 5.91 Å². The Morgan fingerprint density at radius 2 is 2.00 bits per heavy atom. The molecule has 0 saturated carbocycles. The Morgan fingerprint density at radius 1 is 1.22 bits per heavy atom. The molecule has 0 aliphatic carbocycles. The predicted molar refractivity (Wildman–Crippen MR) is 91.7 cm³/mol. The molecule has 1 aromatic carbocycles. The molecule has 4 nitrogen and oxygen atoms in total. The largest absolute Gasteiger partial charge is 0.322 e. The van der Waals surface area contributed by atoms with Crippen LogP contribution in [0.5, 0.6) is 0 Å². The van der Waals surface area contributed by atoms with E-state index in [2.05, 4.69) is 16.2 Å². The highest BCUT2D eigenvalue weighted by atomic mass is 16.1. The molecule has 0 radical (unpaired) electrons. The van der Waals surface area contributed by atoms with E-state index in [4.69, 9.17) is 6.42 Å². The second-order valence-electron chi connectivity index (χ2n) is 5.59. The summed E-state index contributed by atoms with van der Waals surface area (Å²) in [6.07, 6.45) is 7.25. The molecule has 2 heterocycles. The van der Waals surface area contributed by atoms with Gasteiger partial charge in [-0.15, -0.1) is 6.42 Å². The minimum absolute atomic E-state index is 0.179. The van der Waals surface area contributed by atoms with Gasteiger partial charge in [-0.05, 0) is 56.7 Å². The average Bonchev–Trinajstić information content (AvgIpc) is 2.93. The third-order valence-electron chi connectivity index (χ3n) is 3.83. The number of carbonyl (C=O) groups excluding carboxylic acids is 1. The van der Waals surface area contributed by atoms with E-state index in [0.717, 1.165) is 28.2 Å². The molecule has 0 spiro atoms. The van der Waals surface area contributed by atoms with Gasteiger partial charge in [-0.1, -0.05) is 5.92 Å². The van der Waals surface area contributed by atoms with Crippen LogP contribution < -0.4 is 5.32 Å². The van der Waals surface area contributed by atoms with Crippen molar-refractivity contribution in [1.29, 1.82) is 0 Å². The van der Waals surface area contributed by atoms with Crippen molar-refractivity contribution in [2.24, 2.45) is 0 Å². The maximum atomic E-state index is 12.6. The fourth-order valence-corrected chi connectivity index (χ4v) is 2.65. The van der Waals surface area contributed by atoms with Crippen LogP contribution in [0, 0.1) is 33.1 Å². The minimum atomic E-state index is -0.179. The first-order valence-corrected chi connectivity index (χ1v) is 7.33. The molecule has 0 aliphatic rings. The lowest BCUT2D eigenvalue weighted by Crippen LogP contribution is -2.13. The number of terminal acetylenes is 1. The summed E-state index contributed by atoms with van der Waals surface area (Å²) >= 11 is 0. The molecule has 23 heavy (non-hydrogen) atoms. The Labute approximate surface area is 135 Å². The van der Waals surface area contributed by atoms with Gasteiger partial charge in [0.2, 0.25) is 0 Å². The molecular formula is C19H17N3O. The van der Waals surface area contributed by atoms with Crippen LogP contribution in [0.25, 0.3) is 5.65 Å². The SMILES string of the molecule is C#Cc1ccc(NC(=O)c2ccn3c(C)cc(C)nc23)c(C)c1. The molecule has 2 aromatic heterocycles. The monoisotopic (exact) mass is 303 g/mol. The van der Waals surface area contributed by atoms with Crippen LogP contribution in [-0.4, -0.2) is 15.3 Å². The van der Waals surface area contributed by atoms with Gasteiger partial charge >= 0.3 is 0 Å². The van der Waals surface area contributed by atoms with Gasteiger partial charge in [-0.3, -0.25) is 4.79 Å². The van der Waals surface area contributed by atoms with E-state index in [1.165, 1.54) is 0 Å². The number of amides is 1. The molecule has 4 heteroatoms. The van der Waals surface area contributed by atoms with Crippen molar-refractivity contribution in [2.45, 2.75) is 20.8 Å². The van der Waals surface area contributed by atoms with Crippen molar-refractivity contribution in [3.8, 4) is 12.3 Å². The van der Waals surface area contributed by atoms with Gasteiger partial charge in [0.15, 0.2) is 0 Å². The third kappa shape index (κ3) is 2.69. The van der Waals surface area contributed by atoms with E-state index < -0.39 is 0 Å². The number of anilines is 1. The van der Waals surface area contributed by atoms with Crippen LogP contribution in [0.4, 0.5) is 5.69 Å². The van der Waals surface area contributed by atoms with Crippen LogP contribution in [0.3, 0.4) is 0 Å². The van der Waals surface area contributed by atoms with E-state index in [0.29, 0.717) is 11.2 Å². The number of nitrogens with one attached hydrogen (secondary N) is 1. The lowest BCUT2D eigenvalue weighted by Gasteiger charge is -2.09. The Morgan fingerprint density at radius 3 is 2.70 bits per heavy atom. The average molecular weight is 303 g/mol. The normalized spacial score (nSPS) is 10.5. The standard InChI is InChI=1S/C19H17N3O/c1-5-15-6-7-17(12(2)10-15)21-19(23)16-8-9-22-14(4)11-13(3)20-18(16)22/h1,6-11H,2-4H3,(H,21,23). The van der Waals surface area contributed by atoms with E-state index in [-0.39, 0.29) is 5.91 Å². The van der Waals surface area contributed by atoms with Crippen LogP contribution in [0.2, 0.25) is 0 Å². The smallest absolute Gasteiger partial charge is 0.259 e. The number of fused-ring (bicyclic) bond motifs is 1. The summed E-state index contributed by atoms with van der Waals surface area (Å²) in [5.74, 6) is 2.41. The van der Waals surface area contributed by atoms with Crippen molar-refractivity contribution in [3.63, 3.8) is 0 Å². The first-order valence-electron chi connectivity index (χ1n) is 7.33. The topological polar surface area (TPSA) is 46.4 Å². The molecule has 1 amide bonds. The second kappa shape index (κ2) is 5.62. The summed E-state index contributed by atoms with van der Waals surface area (Å²) in [6.45, 7) is 5.83. The van der Waals surface area contributed by atoms with E-state index in [1.54, 1.807) is 6.07 Å². The van der Waals surface area contributed by atoms with Crippen LogP contribution in [0.1, 0.15) is 32.9 Å². The highest BCUT2D eigenvalue weighted by molar-refractivity contribution is 6.08. The summed E-state index contributed by atoms with van der Waals surface area (Å²) in [4.78, 5) is 17.1. The van der Waals surface area contributed by atoms with Crippen molar-refractivity contribution < 1.29 is 4.79 Å². The van der Waals surface area contributed by atoms with Crippen LogP contribution in [0.15, 0.2) is 36.5 Å². The first kappa shape index (κ1) is 14.9. The number of hydrogen-bond acceptors (Lipinski definition) is 2. The summed E-state index contributed by atoms with van der Waals surface area (Å²) in [5.41, 5.74) is 5.62. The van der Waals surface area contributed by atoms with Crippen molar-refractivity contribution >= 4 is 17.2 Å². The summed E-state index contributed by atoms with van der Waals surface area (Å²) in [7, 11) is 0. The zero-order valence-electron chi connectivity index (χ0n) is 13.3. The number of carbonyl (C=O) groups is 1. The van der Waals surface area contributed by atoms with Gasteiger partial charge in [0, 0.05) is 28.8 Å². The molecule has 114 valence electrons.